The van der Waals surface area contributed by atoms with Crippen LogP contribution in [0.2, 0.25) is 0 Å². The number of likely N-dealkylation sites (tertiary alicyclic amines) is 1. The number of benzene rings is 1. The van der Waals surface area contributed by atoms with Crippen LogP contribution in [0.3, 0.4) is 0 Å². The number of carbonyl (C=O) groups excluding carboxylic acids is 1. The molecule has 0 spiro atoms. The molecule has 0 bridgehead atoms. The van der Waals surface area contributed by atoms with E-state index in [0.717, 1.165) is 25.3 Å². The van der Waals surface area contributed by atoms with Gasteiger partial charge in [0, 0.05) is 26.7 Å². The monoisotopic (exact) mass is 287 g/mol. The summed E-state index contributed by atoms with van der Waals surface area (Å²) in [7, 11) is 1.89. The van der Waals surface area contributed by atoms with Gasteiger partial charge in [-0.15, -0.1) is 0 Å². The van der Waals surface area contributed by atoms with E-state index in [2.05, 4.69) is 23.1 Å². The lowest BCUT2D eigenvalue weighted by atomic mass is 10.1. The molecule has 2 aliphatic rings. The van der Waals surface area contributed by atoms with Gasteiger partial charge in [-0.05, 0) is 37.6 Å². The van der Waals surface area contributed by atoms with Crippen molar-refractivity contribution in [1.29, 1.82) is 0 Å². The van der Waals surface area contributed by atoms with Crippen LogP contribution in [0.5, 0.6) is 0 Å². The Balaban J connectivity index is 1.70. The van der Waals surface area contributed by atoms with Gasteiger partial charge in [0.1, 0.15) is 0 Å². The summed E-state index contributed by atoms with van der Waals surface area (Å²) in [6.45, 7) is 4.85. The number of carbonyl (C=O) groups is 1. The molecule has 0 aliphatic carbocycles. The normalized spacial score (nSPS) is 20.3. The highest BCUT2D eigenvalue weighted by molar-refractivity contribution is 5.94. The summed E-state index contributed by atoms with van der Waals surface area (Å²) in [6.07, 6.45) is 5.30. The van der Waals surface area contributed by atoms with Gasteiger partial charge in [-0.2, -0.15) is 0 Å². The molecule has 0 atom stereocenters. The van der Waals surface area contributed by atoms with E-state index in [1.54, 1.807) is 0 Å². The second kappa shape index (κ2) is 6.48. The molecule has 1 aromatic carbocycles. The largest absolute Gasteiger partial charge is 0.324 e. The average Bonchev–Trinajstić information content (AvgIpc) is 2.76. The summed E-state index contributed by atoms with van der Waals surface area (Å²) in [4.78, 5) is 18.7. The zero-order valence-electron chi connectivity index (χ0n) is 12.9. The van der Waals surface area contributed by atoms with Crippen molar-refractivity contribution in [3.63, 3.8) is 0 Å². The molecule has 21 heavy (non-hydrogen) atoms. The third-order valence-electron chi connectivity index (χ3n) is 4.59. The molecule has 1 saturated heterocycles. The molecule has 3 rings (SSSR count). The van der Waals surface area contributed by atoms with Crippen molar-refractivity contribution in [3.05, 3.63) is 29.8 Å². The maximum Gasteiger partial charge on any atom is 0.324 e. The van der Waals surface area contributed by atoms with Crippen LogP contribution in [0.4, 0.5) is 10.5 Å². The van der Waals surface area contributed by atoms with Crippen molar-refractivity contribution in [1.82, 2.24) is 9.80 Å². The highest BCUT2D eigenvalue weighted by Crippen LogP contribution is 2.27. The van der Waals surface area contributed by atoms with Crippen molar-refractivity contribution in [3.8, 4) is 0 Å². The van der Waals surface area contributed by atoms with Crippen LogP contribution < -0.4 is 4.90 Å². The quantitative estimate of drug-likeness (QED) is 0.854. The molecule has 114 valence electrons. The van der Waals surface area contributed by atoms with Gasteiger partial charge in [-0.3, -0.25) is 4.90 Å². The van der Waals surface area contributed by atoms with E-state index < -0.39 is 0 Å². The topological polar surface area (TPSA) is 26.8 Å². The first-order valence-electron chi connectivity index (χ1n) is 8.08. The van der Waals surface area contributed by atoms with Crippen molar-refractivity contribution < 1.29 is 4.79 Å². The minimum atomic E-state index is 0.128. The molecule has 1 aromatic rings. The molecular weight excluding hydrogens is 262 g/mol. The molecule has 2 amide bonds. The van der Waals surface area contributed by atoms with Gasteiger partial charge in [0.25, 0.3) is 0 Å². The Hall–Kier alpha value is -1.55. The van der Waals surface area contributed by atoms with Gasteiger partial charge in [-0.1, -0.05) is 31.0 Å². The molecule has 1 fully saturated rings. The fourth-order valence-corrected chi connectivity index (χ4v) is 3.36. The van der Waals surface area contributed by atoms with Crippen molar-refractivity contribution in [2.24, 2.45) is 0 Å². The lowest BCUT2D eigenvalue weighted by Gasteiger charge is -2.36. The molecule has 2 aliphatic heterocycles. The van der Waals surface area contributed by atoms with E-state index in [0.29, 0.717) is 0 Å². The molecule has 0 saturated carbocycles. The zero-order chi connectivity index (χ0) is 14.7. The minimum absolute atomic E-state index is 0.128. The number of urea groups is 1. The summed E-state index contributed by atoms with van der Waals surface area (Å²) in [5, 5.41) is 0. The lowest BCUT2D eigenvalue weighted by Crippen LogP contribution is -2.48. The molecule has 4 nitrogen and oxygen atoms in total. The van der Waals surface area contributed by atoms with Crippen LogP contribution in [-0.4, -0.2) is 49.1 Å². The van der Waals surface area contributed by atoms with Crippen LogP contribution in [0.25, 0.3) is 0 Å². The number of hydrogen-bond donors (Lipinski definition) is 0. The summed E-state index contributed by atoms with van der Waals surface area (Å²) in [5.74, 6) is 0. The molecular formula is C17H25N3O. The molecule has 0 unspecified atom stereocenters. The predicted octanol–water partition coefficient (Wildman–Crippen LogP) is 2.93. The maximum absolute atomic E-state index is 12.5. The van der Waals surface area contributed by atoms with E-state index in [9.17, 15) is 4.79 Å². The van der Waals surface area contributed by atoms with Crippen molar-refractivity contribution in [2.75, 3.05) is 38.1 Å². The van der Waals surface area contributed by atoms with E-state index in [-0.39, 0.29) is 6.03 Å². The molecule has 4 heteroatoms. The smallest absolute Gasteiger partial charge is 0.323 e. The molecule has 2 heterocycles. The standard InChI is InChI=1S/C17H25N3O/c1-18-14-15-8-4-5-9-16(15)20(17(18)21)13-12-19-10-6-2-3-7-11-19/h4-5,8-9H,2-3,6-7,10-14H2,1H3. The molecule has 0 N–H and O–H groups in total. The van der Waals surface area contributed by atoms with Crippen LogP contribution >= 0.6 is 0 Å². The molecule has 0 radical (unpaired) electrons. The van der Waals surface area contributed by atoms with Gasteiger partial charge in [0.2, 0.25) is 0 Å². The van der Waals surface area contributed by atoms with E-state index in [1.807, 2.05) is 22.9 Å². The summed E-state index contributed by atoms with van der Waals surface area (Å²) in [5.41, 5.74) is 2.34. The second-order valence-corrected chi connectivity index (χ2v) is 6.17. The van der Waals surface area contributed by atoms with Crippen LogP contribution in [-0.2, 0) is 6.54 Å². The van der Waals surface area contributed by atoms with Gasteiger partial charge in [0.15, 0.2) is 0 Å². The second-order valence-electron chi connectivity index (χ2n) is 6.17. The first-order chi connectivity index (χ1) is 10.3. The third kappa shape index (κ3) is 3.21. The number of amides is 2. The van der Waals surface area contributed by atoms with Gasteiger partial charge in [-0.25, -0.2) is 4.79 Å². The zero-order valence-corrected chi connectivity index (χ0v) is 12.9. The van der Waals surface area contributed by atoms with Crippen molar-refractivity contribution >= 4 is 11.7 Å². The summed E-state index contributed by atoms with van der Waals surface area (Å²) >= 11 is 0. The first-order valence-corrected chi connectivity index (χ1v) is 8.08. The van der Waals surface area contributed by atoms with Gasteiger partial charge in [0.05, 0.1) is 5.69 Å². The van der Waals surface area contributed by atoms with Crippen LogP contribution in [0.15, 0.2) is 24.3 Å². The van der Waals surface area contributed by atoms with E-state index >= 15 is 0 Å². The Bertz CT molecular complexity index is 495. The SMILES string of the molecule is CN1Cc2ccccc2N(CCN2CCCCCC2)C1=O. The Morgan fingerprint density at radius 3 is 2.48 bits per heavy atom. The Labute approximate surface area is 127 Å². The van der Waals surface area contributed by atoms with Crippen LogP contribution in [0.1, 0.15) is 31.2 Å². The van der Waals surface area contributed by atoms with Gasteiger partial charge < -0.3 is 9.80 Å². The van der Waals surface area contributed by atoms with Crippen LogP contribution in [0, 0.1) is 0 Å². The Kier molecular flexibility index (Phi) is 4.44. The fourth-order valence-electron chi connectivity index (χ4n) is 3.36. The highest BCUT2D eigenvalue weighted by Gasteiger charge is 2.27. The number of fused-ring (bicyclic) bond motifs is 1. The Morgan fingerprint density at radius 2 is 1.71 bits per heavy atom. The summed E-state index contributed by atoms with van der Waals surface area (Å²) < 4.78 is 0. The van der Waals surface area contributed by atoms with E-state index in [4.69, 9.17) is 0 Å². The maximum atomic E-state index is 12.5. The fraction of sp³-hybridized carbons (Fsp3) is 0.588. The molecule has 0 aromatic heterocycles. The number of nitrogens with zero attached hydrogens (tertiary/aromatic N) is 3. The Morgan fingerprint density at radius 1 is 1.00 bits per heavy atom. The number of hydrogen-bond acceptors (Lipinski definition) is 2. The number of para-hydroxylation sites is 1. The average molecular weight is 287 g/mol. The van der Waals surface area contributed by atoms with Crippen molar-refractivity contribution in [2.45, 2.75) is 32.2 Å². The minimum Gasteiger partial charge on any atom is -0.323 e. The first kappa shape index (κ1) is 14.4. The highest BCUT2D eigenvalue weighted by atomic mass is 16.2. The van der Waals surface area contributed by atoms with Gasteiger partial charge >= 0.3 is 6.03 Å². The van der Waals surface area contributed by atoms with E-state index in [1.165, 1.54) is 44.3 Å². The third-order valence-corrected chi connectivity index (χ3v) is 4.59. The summed E-state index contributed by atoms with van der Waals surface area (Å²) in [6, 6.07) is 8.40. The lowest BCUT2D eigenvalue weighted by molar-refractivity contribution is 0.208. The predicted molar refractivity (Wildman–Crippen MR) is 85.6 cm³/mol. The number of anilines is 1. The number of rotatable bonds is 3.